The number of quaternary nitrogens is 1. The molecule has 0 spiro atoms. The molecule has 0 unspecified atom stereocenters. The number of halogens is 1. The van der Waals surface area contributed by atoms with Crippen LogP contribution < -0.4 is 4.90 Å². The molecule has 2 aromatic rings. The molecule has 1 aliphatic heterocycles. The molecule has 1 fully saturated rings. The Bertz CT molecular complexity index is 842. The lowest BCUT2D eigenvalue weighted by Gasteiger charge is -2.31. The molecule has 4 nitrogen and oxygen atoms in total. The first-order valence-corrected chi connectivity index (χ1v) is 9.96. The third-order valence-electron chi connectivity index (χ3n) is 4.83. The fourth-order valence-electron chi connectivity index (χ4n) is 3.24. The van der Waals surface area contributed by atoms with Crippen molar-refractivity contribution in [1.82, 2.24) is 4.31 Å². The van der Waals surface area contributed by atoms with Crippen molar-refractivity contribution in [3.05, 3.63) is 65.0 Å². The van der Waals surface area contributed by atoms with Gasteiger partial charge in [0.05, 0.1) is 31.1 Å². The second kappa shape index (κ2) is 7.23. The third kappa shape index (κ3) is 4.08. The molecular formula is C19H24FN2O2S+. The fraction of sp³-hybridized carbons (Fsp3) is 0.368. The molecule has 1 heterocycles. The van der Waals surface area contributed by atoms with Gasteiger partial charge in [0.15, 0.2) is 0 Å². The average molecular weight is 363 g/mol. The minimum atomic E-state index is -3.54. The summed E-state index contributed by atoms with van der Waals surface area (Å²) < 4.78 is 39.8. The highest BCUT2D eigenvalue weighted by Crippen LogP contribution is 2.16. The summed E-state index contributed by atoms with van der Waals surface area (Å²) in [5.41, 5.74) is 3.85. The highest BCUT2D eigenvalue weighted by atomic mass is 32.2. The van der Waals surface area contributed by atoms with E-state index in [0.717, 1.165) is 19.6 Å². The molecule has 0 amide bonds. The lowest BCUT2D eigenvalue weighted by molar-refractivity contribution is -0.917. The molecule has 2 aromatic carbocycles. The summed E-state index contributed by atoms with van der Waals surface area (Å²) in [5, 5.41) is 0. The number of nitrogens with one attached hydrogen (secondary N) is 1. The first-order valence-electron chi connectivity index (χ1n) is 8.52. The van der Waals surface area contributed by atoms with E-state index in [1.54, 1.807) is 0 Å². The lowest BCUT2D eigenvalue weighted by atomic mass is 10.1. The maximum Gasteiger partial charge on any atom is 0.243 e. The van der Waals surface area contributed by atoms with Crippen molar-refractivity contribution in [2.45, 2.75) is 25.3 Å². The topological polar surface area (TPSA) is 41.8 Å². The number of hydrogen-bond donors (Lipinski definition) is 1. The predicted molar refractivity (Wildman–Crippen MR) is 95.5 cm³/mol. The van der Waals surface area contributed by atoms with Gasteiger partial charge < -0.3 is 4.90 Å². The van der Waals surface area contributed by atoms with Crippen LogP contribution in [0.4, 0.5) is 4.39 Å². The summed E-state index contributed by atoms with van der Waals surface area (Å²) in [7, 11) is -3.54. The van der Waals surface area contributed by atoms with Gasteiger partial charge >= 0.3 is 0 Å². The Kier molecular flexibility index (Phi) is 5.22. The molecule has 0 aliphatic carbocycles. The summed E-state index contributed by atoms with van der Waals surface area (Å²) in [5.74, 6) is -0.429. The van der Waals surface area contributed by atoms with E-state index in [1.807, 2.05) is 0 Å². The van der Waals surface area contributed by atoms with Crippen molar-refractivity contribution in [3.63, 3.8) is 0 Å². The van der Waals surface area contributed by atoms with E-state index in [2.05, 4.69) is 32.0 Å². The SMILES string of the molecule is Cc1ccc(C)c(C[NH+]2CCN(S(=O)(=O)c3ccc(F)cc3)CC2)c1. The first kappa shape index (κ1) is 18.0. The van der Waals surface area contributed by atoms with Crippen molar-refractivity contribution >= 4 is 10.0 Å². The minimum absolute atomic E-state index is 0.159. The van der Waals surface area contributed by atoms with Crippen molar-refractivity contribution in [1.29, 1.82) is 0 Å². The molecule has 6 heteroatoms. The molecule has 1 N–H and O–H groups in total. The summed E-state index contributed by atoms with van der Waals surface area (Å²) in [6.07, 6.45) is 0. The Balaban J connectivity index is 1.65. The van der Waals surface area contributed by atoms with Gasteiger partial charge in [-0.3, -0.25) is 0 Å². The first-order chi connectivity index (χ1) is 11.9. The number of aryl methyl sites for hydroxylation is 2. The van der Waals surface area contributed by atoms with Crippen LogP contribution in [0, 0.1) is 19.7 Å². The largest absolute Gasteiger partial charge is 0.329 e. The van der Waals surface area contributed by atoms with E-state index in [-0.39, 0.29) is 4.90 Å². The van der Waals surface area contributed by atoms with Gasteiger partial charge in [0, 0.05) is 5.56 Å². The molecule has 134 valence electrons. The Morgan fingerprint density at radius 1 is 1.04 bits per heavy atom. The molecule has 0 bridgehead atoms. The van der Waals surface area contributed by atoms with Crippen LogP contribution >= 0.6 is 0 Å². The zero-order chi connectivity index (χ0) is 18.0. The van der Waals surface area contributed by atoms with Crippen LogP contribution in [0.25, 0.3) is 0 Å². The molecule has 25 heavy (non-hydrogen) atoms. The molecular weight excluding hydrogens is 339 g/mol. The van der Waals surface area contributed by atoms with Crippen LogP contribution in [0.3, 0.4) is 0 Å². The van der Waals surface area contributed by atoms with Gasteiger partial charge in [-0.05, 0) is 43.7 Å². The van der Waals surface area contributed by atoms with Crippen LogP contribution in [-0.4, -0.2) is 38.9 Å². The normalized spacial score (nSPS) is 16.9. The van der Waals surface area contributed by atoms with Crippen molar-refractivity contribution in [3.8, 4) is 0 Å². The molecule has 0 saturated carbocycles. The van der Waals surface area contributed by atoms with E-state index < -0.39 is 15.8 Å². The zero-order valence-corrected chi connectivity index (χ0v) is 15.4. The second-order valence-corrected chi connectivity index (χ2v) is 8.65. The van der Waals surface area contributed by atoms with Gasteiger partial charge in [0.1, 0.15) is 12.4 Å². The van der Waals surface area contributed by atoms with Gasteiger partial charge in [-0.2, -0.15) is 4.31 Å². The van der Waals surface area contributed by atoms with E-state index in [9.17, 15) is 12.8 Å². The zero-order valence-electron chi connectivity index (χ0n) is 14.6. The maximum absolute atomic E-state index is 13.0. The third-order valence-corrected chi connectivity index (χ3v) is 6.74. The van der Waals surface area contributed by atoms with Crippen molar-refractivity contribution in [2.75, 3.05) is 26.2 Å². The van der Waals surface area contributed by atoms with Crippen LogP contribution in [0.5, 0.6) is 0 Å². The number of benzene rings is 2. The van der Waals surface area contributed by atoms with E-state index >= 15 is 0 Å². The van der Waals surface area contributed by atoms with Gasteiger partial charge in [0.25, 0.3) is 0 Å². The average Bonchev–Trinajstić information content (AvgIpc) is 2.59. The summed E-state index contributed by atoms with van der Waals surface area (Å²) >= 11 is 0. The highest BCUT2D eigenvalue weighted by molar-refractivity contribution is 7.89. The highest BCUT2D eigenvalue weighted by Gasteiger charge is 2.30. The predicted octanol–water partition coefficient (Wildman–Crippen LogP) is 1.53. The number of rotatable bonds is 4. The molecule has 1 saturated heterocycles. The van der Waals surface area contributed by atoms with Crippen LogP contribution in [-0.2, 0) is 16.6 Å². The molecule has 0 radical (unpaired) electrons. The molecule has 3 rings (SSSR count). The maximum atomic E-state index is 13.0. The van der Waals surface area contributed by atoms with Gasteiger partial charge in [-0.15, -0.1) is 0 Å². The smallest absolute Gasteiger partial charge is 0.243 e. The number of piperazine rings is 1. The molecule has 1 aliphatic rings. The standard InChI is InChI=1S/C19H23FN2O2S/c1-15-3-4-16(2)17(13-15)14-21-9-11-22(12-10-21)25(23,24)19-7-5-18(20)6-8-19/h3-8,13H,9-12,14H2,1-2H3/p+1. The minimum Gasteiger partial charge on any atom is -0.329 e. The van der Waals surface area contributed by atoms with Crippen LogP contribution in [0.1, 0.15) is 16.7 Å². The Labute approximate surface area is 148 Å². The fourth-order valence-corrected chi connectivity index (χ4v) is 4.68. The number of hydrogen-bond acceptors (Lipinski definition) is 2. The van der Waals surface area contributed by atoms with Crippen LogP contribution in [0.2, 0.25) is 0 Å². The van der Waals surface area contributed by atoms with E-state index in [1.165, 1.54) is 50.2 Å². The summed E-state index contributed by atoms with van der Waals surface area (Å²) in [6.45, 7) is 7.63. The summed E-state index contributed by atoms with van der Waals surface area (Å²) in [6, 6.07) is 11.5. The summed E-state index contributed by atoms with van der Waals surface area (Å²) in [4.78, 5) is 1.55. The Hall–Kier alpha value is -1.76. The second-order valence-electron chi connectivity index (χ2n) is 6.71. The molecule has 0 atom stereocenters. The Morgan fingerprint density at radius 3 is 2.32 bits per heavy atom. The number of sulfonamides is 1. The lowest BCUT2D eigenvalue weighted by Crippen LogP contribution is -3.13. The van der Waals surface area contributed by atoms with Gasteiger partial charge in [0.2, 0.25) is 10.0 Å². The van der Waals surface area contributed by atoms with E-state index in [4.69, 9.17) is 0 Å². The monoisotopic (exact) mass is 363 g/mol. The number of nitrogens with zero attached hydrogens (tertiary/aromatic N) is 1. The van der Waals surface area contributed by atoms with Crippen molar-refractivity contribution < 1.29 is 17.7 Å². The quantitative estimate of drug-likeness (QED) is 0.895. The molecule has 0 aromatic heterocycles. The van der Waals surface area contributed by atoms with Gasteiger partial charge in [-0.1, -0.05) is 23.8 Å². The van der Waals surface area contributed by atoms with Gasteiger partial charge in [-0.25, -0.2) is 12.8 Å². The van der Waals surface area contributed by atoms with E-state index in [0.29, 0.717) is 13.1 Å². The van der Waals surface area contributed by atoms with Crippen molar-refractivity contribution in [2.24, 2.45) is 0 Å². The van der Waals surface area contributed by atoms with Crippen LogP contribution in [0.15, 0.2) is 47.4 Å². The Morgan fingerprint density at radius 2 is 1.68 bits per heavy atom.